The molecule has 3 aromatic rings. The number of benzene rings is 2. The highest BCUT2D eigenvalue weighted by molar-refractivity contribution is 6.31. The fraction of sp³-hybridized carbons (Fsp3) is 0.370. The Morgan fingerprint density at radius 2 is 1.97 bits per heavy atom. The van der Waals surface area contributed by atoms with Crippen LogP contribution in [0.1, 0.15) is 41.3 Å². The van der Waals surface area contributed by atoms with Crippen molar-refractivity contribution < 1.29 is 33.7 Å². The maximum atomic E-state index is 15.1. The van der Waals surface area contributed by atoms with Crippen molar-refractivity contribution in [1.29, 1.82) is 0 Å². The number of halogens is 2. The zero-order chi connectivity index (χ0) is 27.6. The number of anilines is 1. The van der Waals surface area contributed by atoms with E-state index in [2.05, 4.69) is 0 Å². The molecule has 1 aliphatic heterocycles. The third-order valence-corrected chi connectivity index (χ3v) is 6.76. The minimum atomic E-state index is -1.41. The normalized spacial score (nSPS) is 14.3. The van der Waals surface area contributed by atoms with Crippen LogP contribution >= 0.6 is 11.6 Å². The number of aromatic nitrogens is 1. The lowest BCUT2D eigenvalue weighted by atomic mass is 9.99. The van der Waals surface area contributed by atoms with Crippen molar-refractivity contribution in [1.82, 2.24) is 4.57 Å². The van der Waals surface area contributed by atoms with Crippen LogP contribution in [0.4, 0.5) is 10.1 Å². The van der Waals surface area contributed by atoms with Crippen molar-refractivity contribution in [3.63, 3.8) is 0 Å². The summed E-state index contributed by atoms with van der Waals surface area (Å²) in [4.78, 5) is 38.7. The number of rotatable bonds is 10. The number of carboxylic acids is 1. The van der Waals surface area contributed by atoms with Gasteiger partial charge >= 0.3 is 5.97 Å². The molecule has 2 N–H and O–H groups in total. The van der Waals surface area contributed by atoms with E-state index in [1.165, 1.54) is 30.0 Å². The number of aliphatic hydroxyl groups is 1. The van der Waals surface area contributed by atoms with Crippen LogP contribution in [0.25, 0.3) is 10.9 Å². The van der Waals surface area contributed by atoms with Gasteiger partial charge in [0.1, 0.15) is 17.1 Å². The Hall–Kier alpha value is -3.47. The number of carbonyl (C=O) groups excluding carboxylic acids is 1. The number of nitrogens with zero attached hydrogens (tertiary/aromatic N) is 2. The summed E-state index contributed by atoms with van der Waals surface area (Å²) in [6.45, 7) is 2.68. The number of aromatic carboxylic acids is 1. The molecular formula is C27H28ClFN2O7. The van der Waals surface area contributed by atoms with Crippen LogP contribution in [0.15, 0.2) is 35.3 Å². The van der Waals surface area contributed by atoms with Crippen molar-refractivity contribution in [2.45, 2.75) is 38.8 Å². The Morgan fingerprint density at radius 3 is 2.61 bits per heavy atom. The highest BCUT2D eigenvalue weighted by Gasteiger charge is 2.25. The molecule has 2 aromatic carbocycles. The van der Waals surface area contributed by atoms with E-state index in [9.17, 15) is 24.6 Å². The summed E-state index contributed by atoms with van der Waals surface area (Å²) in [5.74, 6) is -1.83. The molecule has 2 heterocycles. The molecule has 202 valence electrons. The average Bonchev–Trinajstić information content (AvgIpc) is 3.32. The predicted octanol–water partition coefficient (Wildman–Crippen LogP) is 3.62. The number of pyridine rings is 1. The van der Waals surface area contributed by atoms with Gasteiger partial charge in [0.25, 0.3) is 0 Å². The topological polar surface area (TPSA) is 118 Å². The van der Waals surface area contributed by atoms with Gasteiger partial charge in [0.05, 0.1) is 36.9 Å². The summed E-state index contributed by atoms with van der Waals surface area (Å²) >= 11 is 6.17. The first kappa shape index (κ1) is 27.6. The average molecular weight is 547 g/mol. The van der Waals surface area contributed by atoms with Gasteiger partial charge in [-0.1, -0.05) is 11.6 Å². The van der Waals surface area contributed by atoms with E-state index in [4.69, 9.17) is 21.1 Å². The molecule has 0 radical (unpaired) electrons. The fourth-order valence-corrected chi connectivity index (χ4v) is 4.90. The predicted molar refractivity (Wildman–Crippen MR) is 140 cm³/mol. The van der Waals surface area contributed by atoms with Crippen molar-refractivity contribution in [3.05, 3.63) is 68.2 Å². The summed E-state index contributed by atoms with van der Waals surface area (Å²) in [7, 11) is 1.42. The van der Waals surface area contributed by atoms with Gasteiger partial charge in [0.2, 0.25) is 11.3 Å². The van der Waals surface area contributed by atoms with Crippen LogP contribution in [0.5, 0.6) is 5.75 Å². The third-order valence-electron chi connectivity index (χ3n) is 6.49. The number of carbonyl (C=O) groups is 2. The molecule has 1 fully saturated rings. The molecule has 1 amide bonds. The Kier molecular flexibility index (Phi) is 8.35. The smallest absolute Gasteiger partial charge is 0.341 e. The van der Waals surface area contributed by atoms with Crippen LogP contribution in [0.3, 0.4) is 0 Å². The van der Waals surface area contributed by atoms with Gasteiger partial charge in [-0.05, 0) is 42.7 Å². The number of aliphatic hydroxyl groups excluding tert-OH is 1. The second-order valence-electron chi connectivity index (χ2n) is 9.05. The van der Waals surface area contributed by atoms with E-state index < -0.39 is 28.9 Å². The summed E-state index contributed by atoms with van der Waals surface area (Å²) in [6, 6.07) is 5.98. The van der Waals surface area contributed by atoms with Gasteiger partial charge in [-0.15, -0.1) is 0 Å². The molecule has 11 heteroatoms. The van der Waals surface area contributed by atoms with Crippen molar-refractivity contribution >= 4 is 40.1 Å². The molecule has 9 nitrogen and oxygen atoms in total. The maximum absolute atomic E-state index is 15.1. The molecule has 1 saturated heterocycles. The summed E-state index contributed by atoms with van der Waals surface area (Å²) in [6.07, 6.45) is 1.28. The van der Waals surface area contributed by atoms with E-state index in [0.29, 0.717) is 48.5 Å². The maximum Gasteiger partial charge on any atom is 0.341 e. The van der Waals surface area contributed by atoms with Crippen LogP contribution in [0.2, 0.25) is 5.02 Å². The van der Waals surface area contributed by atoms with E-state index in [1.54, 1.807) is 24.0 Å². The summed E-state index contributed by atoms with van der Waals surface area (Å²) < 4.78 is 27.4. The molecule has 4 rings (SSSR count). The molecule has 1 aliphatic rings. The minimum absolute atomic E-state index is 0.0254. The van der Waals surface area contributed by atoms with E-state index in [1.807, 2.05) is 0 Å². The molecule has 38 heavy (non-hydrogen) atoms. The summed E-state index contributed by atoms with van der Waals surface area (Å²) in [5, 5.41) is 19.9. The number of carboxylic acid groups (broad SMARTS) is 1. The Labute approximate surface area is 223 Å². The first-order chi connectivity index (χ1) is 18.1. The number of hydrogen-bond acceptors (Lipinski definition) is 6. The minimum Gasteiger partial charge on any atom is -0.496 e. The zero-order valence-electron chi connectivity index (χ0n) is 21.0. The molecule has 0 spiro atoms. The Bertz CT molecular complexity index is 1460. The number of ether oxygens (including phenoxy) is 2. The van der Waals surface area contributed by atoms with E-state index >= 15 is 4.39 Å². The quantitative estimate of drug-likeness (QED) is 0.399. The van der Waals surface area contributed by atoms with Crippen LogP contribution in [-0.4, -0.2) is 59.6 Å². The molecule has 1 unspecified atom stereocenters. The fourth-order valence-electron chi connectivity index (χ4n) is 4.67. The van der Waals surface area contributed by atoms with E-state index in [-0.39, 0.29) is 41.5 Å². The van der Waals surface area contributed by atoms with E-state index in [0.717, 1.165) is 0 Å². The number of fused-ring (bicyclic) bond motifs is 1. The monoisotopic (exact) mass is 546 g/mol. The highest BCUT2D eigenvalue weighted by atomic mass is 35.5. The van der Waals surface area contributed by atoms with Gasteiger partial charge in [-0.3, -0.25) is 9.59 Å². The Morgan fingerprint density at radius 1 is 1.21 bits per heavy atom. The Balaban J connectivity index is 1.83. The molecule has 0 aliphatic carbocycles. The van der Waals surface area contributed by atoms with Gasteiger partial charge in [0, 0.05) is 49.3 Å². The lowest BCUT2D eigenvalue weighted by Crippen LogP contribution is -2.25. The van der Waals surface area contributed by atoms with Gasteiger partial charge in [-0.25, -0.2) is 9.18 Å². The van der Waals surface area contributed by atoms with Crippen molar-refractivity contribution in [3.8, 4) is 5.75 Å². The van der Waals surface area contributed by atoms with Crippen molar-refractivity contribution in [2.75, 3.05) is 31.8 Å². The number of amides is 1. The van der Waals surface area contributed by atoms with Crippen molar-refractivity contribution in [2.24, 2.45) is 0 Å². The molecule has 0 saturated carbocycles. The van der Waals surface area contributed by atoms with Crippen LogP contribution in [-0.2, 0) is 22.5 Å². The lowest BCUT2D eigenvalue weighted by Gasteiger charge is -2.20. The van der Waals surface area contributed by atoms with Gasteiger partial charge in [-0.2, -0.15) is 0 Å². The molecule has 0 bridgehead atoms. The molecule has 1 atom stereocenters. The van der Waals surface area contributed by atoms with Crippen LogP contribution in [0, 0.1) is 5.82 Å². The second kappa shape index (κ2) is 11.5. The summed E-state index contributed by atoms with van der Waals surface area (Å²) in [5.41, 5.74) is 0.231. The first-order valence-electron chi connectivity index (χ1n) is 12.2. The zero-order valence-corrected chi connectivity index (χ0v) is 21.8. The number of hydrogen-bond donors (Lipinski definition) is 2. The second-order valence-corrected chi connectivity index (χ2v) is 9.46. The highest BCUT2D eigenvalue weighted by Crippen LogP contribution is 2.33. The SMILES string of the molecule is CCOCC(O)Cn1cc(C(=O)O)c(=O)c2cc(Cc3cc(N4CCCC4=O)cc(Cl)c3F)c(OC)cc21. The van der Waals surface area contributed by atoms with Gasteiger partial charge < -0.3 is 29.2 Å². The third kappa shape index (κ3) is 5.52. The van der Waals surface area contributed by atoms with Crippen LogP contribution < -0.4 is 15.1 Å². The first-order valence-corrected chi connectivity index (χ1v) is 12.5. The van der Waals surface area contributed by atoms with Gasteiger partial charge in [0.15, 0.2) is 0 Å². The largest absolute Gasteiger partial charge is 0.496 e. The molecular weight excluding hydrogens is 519 g/mol. The lowest BCUT2D eigenvalue weighted by molar-refractivity contribution is -0.117. The molecule has 1 aromatic heterocycles. The number of methoxy groups -OCH3 is 1. The standard InChI is InChI=1S/C27H28ClFN2O7/c1-3-38-14-18(32)12-30-13-20(27(35)36)26(34)19-9-15(23(37-2)11-22(19)30)7-16-8-17(10-21(28)25(16)29)31-6-4-5-24(31)33/h8-11,13,18,32H,3-7,12,14H2,1-2H3,(H,35,36).